The number of piperazine rings is 1. The molecule has 0 radical (unpaired) electrons. The Morgan fingerprint density at radius 3 is 2.47 bits per heavy atom. The molecule has 0 bridgehead atoms. The van der Waals surface area contributed by atoms with Gasteiger partial charge in [0.25, 0.3) is 0 Å². The van der Waals surface area contributed by atoms with Gasteiger partial charge in [-0.15, -0.1) is 0 Å². The van der Waals surface area contributed by atoms with Gasteiger partial charge < -0.3 is 5.32 Å². The van der Waals surface area contributed by atoms with E-state index < -0.39 is 0 Å². The van der Waals surface area contributed by atoms with E-state index in [0.29, 0.717) is 0 Å². The average molecular weight is 239 g/mol. The summed E-state index contributed by atoms with van der Waals surface area (Å²) in [6, 6.07) is 2.31. The van der Waals surface area contributed by atoms with Crippen LogP contribution in [0.5, 0.6) is 0 Å². The second kappa shape index (κ2) is 6.17. The quantitative estimate of drug-likeness (QED) is 0.803. The molecular weight excluding hydrogens is 210 g/mol. The lowest BCUT2D eigenvalue weighted by molar-refractivity contribution is 0.0664. The van der Waals surface area contributed by atoms with Gasteiger partial charge in [0, 0.05) is 44.3 Å². The molecule has 1 heterocycles. The third kappa shape index (κ3) is 3.01. The van der Waals surface area contributed by atoms with E-state index in [1.165, 1.54) is 51.9 Å². The molecule has 1 aliphatic carbocycles. The fourth-order valence-corrected chi connectivity index (χ4v) is 3.48. The predicted molar refractivity (Wildman–Crippen MR) is 73.4 cm³/mol. The molecule has 2 aliphatic rings. The molecule has 3 nitrogen and oxygen atoms in total. The zero-order valence-corrected chi connectivity index (χ0v) is 11.8. The lowest BCUT2D eigenvalue weighted by Crippen LogP contribution is -2.55. The van der Waals surface area contributed by atoms with Crippen LogP contribution in [-0.2, 0) is 0 Å². The van der Waals surface area contributed by atoms with Crippen molar-refractivity contribution in [1.29, 1.82) is 0 Å². The molecule has 0 aromatic rings. The van der Waals surface area contributed by atoms with Gasteiger partial charge in [0.05, 0.1) is 0 Å². The van der Waals surface area contributed by atoms with Crippen LogP contribution in [0.2, 0.25) is 0 Å². The van der Waals surface area contributed by atoms with Crippen LogP contribution >= 0.6 is 0 Å². The molecule has 1 saturated carbocycles. The number of nitrogens with one attached hydrogen (secondary N) is 1. The molecule has 17 heavy (non-hydrogen) atoms. The first-order chi connectivity index (χ1) is 8.26. The maximum atomic E-state index is 3.50. The number of hydrogen-bond donors (Lipinski definition) is 1. The van der Waals surface area contributed by atoms with Gasteiger partial charge in [-0.3, -0.25) is 9.80 Å². The number of hydrogen-bond acceptors (Lipinski definition) is 3. The topological polar surface area (TPSA) is 18.5 Å². The van der Waals surface area contributed by atoms with Crippen molar-refractivity contribution in [1.82, 2.24) is 15.1 Å². The Hall–Kier alpha value is -0.120. The average Bonchev–Trinajstić information content (AvgIpc) is 2.86. The van der Waals surface area contributed by atoms with Crippen LogP contribution in [0.3, 0.4) is 0 Å². The highest BCUT2D eigenvalue weighted by Gasteiger charge is 2.33. The van der Waals surface area contributed by atoms with Crippen molar-refractivity contribution in [3.63, 3.8) is 0 Å². The molecule has 1 N–H and O–H groups in total. The summed E-state index contributed by atoms with van der Waals surface area (Å²) in [6.45, 7) is 9.73. The van der Waals surface area contributed by atoms with Gasteiger partial charge >= 0.3 is 0 Å². The van der Waals surface area contributed by atoms with E-state index in [1.807, 2.05) is 0 Å². The summed E-state index contributed by atoms with van der Waals surface area (Å²) in [6.07, 6.45) is 5.45. The highest BCUT2D eigenvalue weighted by atomic mass is 15.3. The standard InChI is InChI=1S/C14H29N3/c1-4-12(2)16-8-10-17(11-9-16)14-7-5-6-13(14)15-3/h12-15H,4-11H2,1-3H3. The van der Waals surface area contributed by atoms with Crippen molar-refractivity contribution < 1.29 is 0 Å². The van der Waals surface area contributed by atoms with Gasteiger partial charge in [-0.1, -0.05) is 13.3 Å². The van der Waals surface area contributed by atoms with Gasteiger partial charge in [-0.25, -0.2) is 0 Å². The largest absolute Gasteiger partial charge is 0.315 e. The molecule has 3 atom stereocenters. The van der Waals surface area contributed by atoms with Gasteiger partial charge in [0.15, 0.2) is 0 Å². The van der Waals surface area contributed by atoms with Crippen LogP contribution in [0.4, 0.5) is 0 Å². The Morgan fingerprint density at radius 2 is 1.88 bits per heavy atom. The Morgan fingerprint density at radius 1 is 1.18 bits per heavy atom. The molecule has 0 amide bonds. The zero-order valence-electron chi connectivity index (χ0n) is 11.8. The first kappa shape index (κ1) is 13.3. The van der Waals surface area contributed by atoms with E-state index in [0.717, 1.165) is 18.1 Å². The van der Waals surface area contributed by atoms with Crippen LogP contribution in [0.25, 0.3) is 0 Å². The van der Waals surface area contributed by atoms with Crippen LogP contribution in [0.1, 0.15) is 39.5 Å². The minimum absolute atomic E-state index is 0.741. The van der Waals surface area contributed by atoms with E-state index in [4.69, 9.17) is 0 Å². The molecule has 2 rings (SSSR count). The van der Waals surface area contributed by atoms with E-state index in [2.05, 4.69) is 36.0 Å². The molecule has 3 unspecified atom stereocenters. The highest BCUT2D eigenvalue weighted by molar-refractivity contribution is 4.91. The van der Waals surface area contributed by atoms with E-state index in [-0.39, 0.29) is 0 Å². The maximum absolute atomic E-state index is 3.50. The summed E-state index contributed by atoms with van der Waals surface area (Å²) in [4.78, 5) is 5.38. The minimum atomic E-state index is 0.741. The molecule has 100 valence electrons. The Bertz CT molecular complexity index is 224. The number of likely N-dealkylation sites (N-methyl/N-ethyl adjacent to an activating group) is 1. The van der Waals surface area contributed by atoms with Crippen molar-refractivity contribution in [2.75, 3.05) is 33.2 Å². The molecular formula is C14H29N3. The second-order valence-corrected chi connectivity index (χ2v) is 5.72. The normalized spacial score (nSPS) is 34.1. The summed E-state index contributed by atoms with van der Waals surface area (Å²) in [5.41, 5.74) is 0. The van der Waals surface area contributed by atoms with Crippen LogP contribution < -0.4 is 5.32 Å². The fourth-order valence-electron chi connectivity index (χ4n) is 3.48. The van der Waals surface area contributed by atoms with Gasteiger partial charge in [0.1, 0.15) is 0 Å². The lowest BCUT2D eigenvalue weighted by Gasteiger charge is -2.42. The van der Waals surface area contributed by atoms with Crippen LogP contribution in [0, 0.1) is 0 Å². The third-order valence-electron chi connectivity index (χ3n) is 4.88. The van der Waals surface area contributed by atoms with Crippen LogP contribution in [-0.4, -0.2) is 61.2 Å². The molecule has 3 heteroatoms. The molecule has 2 fully saturated rings. The zero-order chi connectivity index (χ0) is 12.3. The molecule has 1 saturated heterocycles. The van der Waals surface area contributed by atoms with E-state index in [9.17, 15) is 0 Å². The smallest absolute Gasteiger partial charge is 0.0250 e. The minimum Gasteiger partial charge on any atom is -0.315 e. The monoisotopic (exact) mass is 239 g/mol. The van der Waals surface area contributed by atoms with Gasteiger partial charge in [0.2, 0.25) is 0 Å². The van der Waals surface area contributed by atoms with Gasteiger partial charge in [-0.2, -0.15) is 0 Å². The molecule has 0 spiro atoms. The van der Waals surface area contributed by atoms with Crippen molar-refractivity contribution in [2.45, 2.75) is 57.7 Å². The third-order valence-corrected chi connectivity index (χ3v) is 4.88. The highest BCUT2D eigenvalue weighted by Crippen LogP contribution is 2.25. The SMILES string of the molecule is CCC(C)N1CCN(C2CCCC2NC)CC1. The van der Waals surface area contributed by atoms with Gasteiger partial charge in [-0.05, 0) is 33.2 Å². The summed E-state index contributed by atoms with van der Waals surface area (Å²) in [5.74, 6) is 0. The lowest BCUT2D eigenvalue weighted by atomic mass is 10.1. The van der Waals surface area contributed by atoms with Crippen molar-refractivity contribution >= 4 is 0 Å². The van der Waals surface area contributed by atoms with E-state index in [1.54, 1.807) is 0 Å². The number of nitrogens with zero attached hydrogens (tertiary/aromatic N) is 2. The second-order valence-electron chi connectivity index (χ2n) is 5.72. The fraction of sp³-hybridized carbons (Fsp3) is 1.00. The molecule has 0 aromatic heterocycles. The Kier molecular flexibility index (Phi) is 4.83. The Balaban J connectivity index is 1.82. The summed E-state index contributed by atoms with van der Waals surface area (Å²) >= 11 is 0. The summed E-state index contributed by atoms with van der Waals surface area (Å²) in [7, 11) is 2.12. The van der Waals surface area contributed by atoms with E-state index >= 15 is 0 Å². The van der Waals surface area contributed by atoms with Crippen molar-refractivity contribution in [2.24, 2.45) is 0 Å². The molecule has 0 aromatic carbocycles. The summed E-state index contributed by atoms with van der Waals surface area (Å²) in [5, 5.41) is 3.50. The van der Waals surface area contributed by atoms with Crippen molar-refractivity contribution in [3.05, 3.63) is 0 Å². The first-order valence-corrected chi connectivity index (χ1v) is 7.41. The predicted octanol–water partition coefficient (Wildman–Crippen LogP) is 1.54. The maximum Gasteiger partial charge on any atom is 0.0250 e. The first-order valence-electron chi connectivity index (χ1n) is 7.41. The van der Waals surface area contributed by atoms with Crippen LogP contribution in [0.15, 0.2) is 0 Å². The summed E-state index contributed by atoms with van der Waals surface area (Å²) < 4.78 is 0. The molecule has 1 aliphatic heterocycles. The Labute approximate surface area is 107 Å². The number of rotatable bonds is 4. The van der Waals surface area contributed by atoms with Crippen molar-refractivity contribution in [3.8, 4) is 0 Å².